The molecule has 0 saturated heterocycles. The lowest BCUT2D eigenvalue weighted by atomic mass is 10.0. The summed E-state index contributed by atoms with van der Waals surface area (Å²) < 4.78 is 14.0. The minimum atomic E-state index is -1.08. The Morgan fingerprint density at radius 3 is 2.40 bits per heavy atom. The van der Waals surface area contributed by atoms with Gasteiger partial charge in [-0.05, 0) is 61.7 Å². The Balaban J connectivity index is 0.000000343. The van der Waals surface area contributed by atoms with Crippen molar-refractivity contribution in [1.29, 1.82) is 0 Å². The predicted octanol–water partition coefficient (Wildman–Crippen LogP) is 4.02. The Hall–Kier alpha value is -2.64. The molecule has 3 rings (SSSR count). The van der Waals surface area contributed by atoms with Crippen LogP contribution in [0.1, 0.15) is 35.1 Å². The van der Waals surface area contributed by atoms with Crippen molar-refractivity contribution >= 4 is 29.2 Å². The third-order valence-corrected chi connectivity index (χ3v) is 5.01. The van der Waals surface area contributed by atoms with Gasteiger partial charge in [0.2, 0.25) is 0 Å². The summed E-state index contributed by atoms with van der Waals surface area (Å²) in [4.78, 5) is 19.3. The predicted molar refractivity (Wildman–Crippen MR) is 115 cm³/mol. The zero-order valence-electron chi connectivity index (χ0n) is 16.8. The first-order valence-electron chi connectivity index (χ1n) is 9.71. The van der Waals surface area contributed by atoms with Crippen LogP contribution >= 0.6 is 11.6 Å². The summed E-state index contributed by atoms with van der Waals surface area (Å²) in [6.45, 7) is 4.26. The van der Waals surface area contributed by atoms with Gasteiger partial charge in [-0.3, -0.25) is 9.59 Å². The van der Waals surface area contributed by atoms with E-state index in [2.05, 4.69) is 16.7 Å². The average Bonchev–Trinajstić information content (AvgIpc) is 2.93. The number of halogens is 2. The smallest absolute Gasteiger partial charge is 0.303 e. The van der Waals surface area contributed by atoms with Crippen LogP contribution in [0.15, 0.2) is 30.3 Å². The van der Waals surface area contributed by atoms with Gasteiger partial charge in [-0.1, -0.05) is 29.8 Å². The summed E-state index contributed by atoms with van der Waals surface area (Å²) in [6.07, 6.45) is 1.35. The number of fused-ring (bicyclic) bond motifs is 1. The van der Waals surface area contributed by atoms with Gasteiger partial charge in [0.15, 0.2) is 0 Å². The number of aliphatic carboxylic acids is 2. The Kier molecular flexibility index (Phi) is 9.08. The van der Waals surface area contributed by atoms with Crippen molar-refractivity contribution in [3.05, 3.63) is 63.4 Å². The summed E-state index contributed by atoms with van der Waals surface area (Å²) >= 11 is 6.37. The normalized spacial score (nSPS) is 12.8. The third-order valence-electron chi connectivity index (χ3n) is 4.70. The molecule has 4 N–H and O–H groups in total. The number of nitrogens with one attached hydrogen (secondary N) is 2. The number of carbonyl (C=O) groups is 2. The Morgan fingerprint density at radius 2 is 1.77 bits per heavy atom. The van der Waals surface area contributed by atoms with Crippen molar-refractivity contribution in [3.63, 3.8) is 0 Å². The maximum Gasteiger partial charge on any atom is 0.303 e. The van der Waals surface area contributed by atoms with E-state index in [9.17, 15) is 14.0 Å². The van der Waals surface area contributed by atoms with E-state index in [1.807, 2.05) is 25.1 Å². The number of hydrogen-bond acceptors (Lipinski definition) is 4. The summed E-state index contributed by atoms with van der Waals surface area (Å²) in [5.74, 6) is -2.33. The molecular weight excluding hydrogens is 411 g/mol. The lowest BCUT2D eigenvalue weighted by Gasteiger charge is -2.16. The molecule has 0 saturated carbocycles. The third kappa shape index (κ3) is 7.31. The second-order valence-electron chi connectivity index (χ2n) is 7.05. The van der Waals surface area contributed by atoms with Gasteiger partial charge in [-0.2, -0.15) is 0 Å². The maximum atomic E-state index is 14.0. The molecule has 0 bridgehead atoms. The molecule has 1 aliphatic heterocycles. The van der Waals surface area contributed by atoms with E-state index in [0.29, 0.717) is 17.1 Å². The van der Waals surface area contributed by atoms with E-state index in [4.69, 9.17) is 21.8 Å². The van der Waals surface area contributed by atoms with Crippen LogP contribution in [0, 0.1) is 12.7 Å². The van der Waals surface area contributed by atoms with Gasteiger partial charge in [0.05, 0.1) is 23.6 Å². The Bertz CT molecular complexity index is 891. The quantitative estimate of drug-likeness (QED) is 0.546. The molecule has 0 atom stereocenters. The molecule has 0 spiro atoms. The van der Waals surface area contributed by atoms with E-state index >= 15 is 0 Å². The van der Waals surface area contributed by atoms with Gasteiger partial charge in [0, 0.05) is 12.1 Å². The molecule has 2 aromatic carbocycles. The Morgan fingerprint density at radius 1 is 1.10 bits per heavy atom. The van der Waals surface area contributed by atoms with Crippen LogP contribution in [0.2, 0.25) is 5.02 Å². The van der Waals surface area contributed by atoms with Gasteiger partial charge < -0.3 is 20.8 Å². The van der Waals surface area contributed by atoms with E-state index in [0.717, 1.165) is 37.2 Å². The zero-order chi connectivity index (χ0) is 22.1. The molecule has 6 nitrogen and oxygen atoms in total. The number of carboxylic acid groups (broad SMARTS) is 2. The van der Waals surface area contributed by atoms with Crippen LogP contribution < -0.4 is 10.6 Å². The van der Waals surface area contributed by atoms with Crippen LogP contribution in [0.25, 0.3) is 0 Å². The summed E-state index contributed by atoms with van der Waals surface area (Å²) in [5.41, 5.74) is 5.11. The number of benzene rings is 2. The first-order valence-corrected chi connectivity index (χ1v) is 10.1. The molecule has 162 valence electrons. The number of rotatable bonds is 6. The number of hydrogen-bond donors (Lipinski definition) is 4. The monoisotopic (exact) mass is 436 g/mol. The standard InChI is InChI=1S/C18H20ClFN2.C4H6O4/c1-12-2-3-14(17(20)10-12)11-22-18-15-7-9-21-8-6-13(15)4-5-16(18)19;5-3(6)1-2-4(7)8/h2-5,10,21-22H,6-9,11H2,1H3;1-2H2,(H,5,6)(H,7,8). The van der Waals surface area contributed by atoms with Gasteiger partial charge in [0.1, 0.15) is 5.82 Å². The molecule has 0 aliphatic carbocycles. The van der Waals surface area contributed by atoms with E-state index in [-0.39, 0.29) is 18.7 Å². The number of carboxylic acids is 2. The van der Waals surface area contributed by atoms with Gasteiger partial charge in [0.25, 0.3) is 0 Å². The molecular formula is C22H26ClFN2O4. The highest BCUT2D eigenvalue weighted by Crippen LogP contribution is 2.31. The van der Waals surface area contributed by atoms with Crippen LogP contribution in [0.3, 0.4) is 0 Å². The van der Waals surface area contributed by atoms with Crippen molar-refractivity contribution in [2.75, 3.05) is 18.4 Å². The molecule has 8 heteroatoms. The summed E-state index contributed by atoms with van der Waals surface area (Å²) in [6, 6.07) is 9.35. The van der Waals surface area contributed by atoms with Gasteiger partial charge in [-0.25, -0.2) is 4.39 Å². The van der Waals surface area contributed by atoms with Crippen LogP contribution in [-0.4, -0.2) is 35.2 Å². The minimum absolute atomic E-state index is 0.174. The van der Waals surface area contributed by atoms with Crippen molar-refractivity contribution in [1.82, 2.24) is 5.32 Å². The van der Waals surface area contributed by atoms with Gasteiger partial charge in [-0.15, -0.1) is 0 Å². The topological polar surface area (TPSA) is 98.7 Å². The molecule has 1 aliphatic rings. The largest absolute Gasteiger partial charge is 0.481 e. The molecule has 0 aromatic heterocycles. The summed E-state index contributed by atoms with van der Waals surface area (Å²) in [7, 11) is 0. The van der Waals surface area contributed by atoms with E-state index in [1.165, 1.54) is 11.1 Å². The fourth-order valence-corrected chi connectivity index (χ4v) is 3.37. The second-order valence-corrected chi connectivity index (χ2v) is 7.45. The maximum absolute atomic E-state index is 14.0. The lowest BCUT2D eigenvalue weighted by Crippen LogP contribution is -2.16. The highest BCUT2D eigenvalue weighted by molar-refractivity contribution is 6.33. The average molecular weight is 437 g/mol. The second kappa shape index (κ2) is 11.5. The van der Waals surface area contributed by atoms with Crippen molar-refractivity contribution in [2.45, 2.75) is 39.2 Å². The fourth-order valence-electron chi connectivity index (χ4n) is 3.13. The van der Waals surface area contributed by atoms with Crippen molar-refractivity contribution in [3.8, 4) is 0 Å². The zero-order valence-corrected chi connectivity index (χ0v) is 17.6. The first-order chi connectivity index (χ1) is 14.3. The van der Waals surface area contributed by atoms with Crippen molar-refractivity contribution in [2.24, 2.45) is 0 Å². The molecule has 30 heavy (non-hydrogen) atoms. The molecule has 0 unspecified atom stereocenters. The highest BCUT2D eigenvalue weighted by Gasteiger charge is 2.15. The molecule has 0 fully saturated rings. The minimum Gasteiger partial charge on any atom is -0.481 e. The van der Waals surface area contributed by atoms with Crippen LogP contribution in [-0.2, 0) is 29.0 Å². The number of anilines is 1. The summed E-state index contributed by atoms with van der Waals surface area (Å²) in [5, 5.41) is 23.2. The van der Waals surface area contributed by atoms with Crippen molar-refractivity contribution < 1.29 is 24.2 Å². The molecule has 0 radical (unpaired) electrons. The SMILES string of the molecule is Cc1ccc(CNc2c(Cl)ccc3c2CCNCC3)c(F)c1.O=C(O)CCC(=O)O. The number of aryl methyl sites for hydroxylation is 1. The lowest BCUT2D eigenvalue weighted by molar-refractivity contribution is -0.143. The van der Waals surface area contributed by atoms with Crippen LogP contribution in [0.4, 0.5) is 10.1 Å². The fraction of sp³-hybridized carbons (Fsp3) is 0.364. The Labute approximate surface area is 180 Å². The van der Waals surface area contributed by atoms with Gasteiger partial charge >= 0.3 is 11.9 Å². The van der Waals surface area contributed by atoms with E-state index < -0.39 is 11.9 Å². The molecule has 1 heterocycles. The van der Waals surface area contributed by atoms with Crippen LogP contribution in [0.5, 0.6) is 0 Å². The highest BCUT2D eigenvalue weighted by atomic mass is 35.5. The molecule has 2 aromatic rings. The first kappa shape index (κ1) is 23.6. The van der Waals surface area contributed by atoms with E-state index in [1.54, 1.807) is 6.07 Å². The molecule has 0 amide bonds.